The van der Waals surface area contributed by atoms with E-state index in [-0.39, 0.29) is 5.69 Å². The van der Waals surface area contributed by atoms with Gasteiger partial charge < -0.3 is 10.3 Å². The van der Waals surface area contributed by atoms with E-state index in [2.05, 4.69) is 29.1 Å². The topological polar surface area (TPSA) is 57.8 Å². The Hall–Kier alpha value is -1.32. The van der Waals surface area contributed by atoms with Crippen LogP contribution in [-0.4, -0.2) is 16.0 Å². The van der Waals surface area contributed by atoms with Crippen LogP contribution in [0.2, 0.25) is 0 Å². The van der Waals surface area contributed by atoms with E-state index >= 15 is 0 Å². The van der Waals surface area contributed by atoms with Crippen LogP contribution in [-0.2, 0) is 0 Å². The van der Waals surface area contributed by atoms with E-state index in [0.717, 1.165) is 12.8 Å². The molecule has 0 radical (unpaired) electrons. The van der Waals surface area contributed by atoms with Gasteiger partial charge in [-0.3, -0.25) is 0 Å². The summed E-state index contributed by atoms with van der Waals surface area (Å²) in [5.74, 6) is 0.643. The number of nitrogens with one attached hydrogen (secondary N) is 2. The molecule has 1 heterocycles. The van der Waals surface area contributed by atoms with Gasteiger partial charge in [0.2, 0.25) is 0 Å². The lowest BCUT2D eigenvalue weighted by Gasteiger charge is -2.12. The molecule has 4 nitrogen and oxygen atoms in total. The van der Waals surface area contributed by atoms with Crippen LogP contribution in [0.25, 0.3) is 0 Å². The Labute approximate surface area is 77.4 Å². The first-order chi connectivity index (χ1) is 6.22. The van der Waals surface area contributed by atoms with Gasteiger partial charge in [0.1, 0.15) is 5.82 Å². The highest BCUT2D eigenvalue weighted by molar-refractivity contribution is 5.32. The molecule has 0 aliphatic rings. The Morgan fingerprint density at radius 3 is 3.08 bits per heavy atom. The minimum atomic E-state index is -0.311. The fourth-order valence-electron chi connectivity index (χ4n) is 1.21. The molecule has 1 atom stereocenters. The van der Waals surface area contributed by atoms with Gasteiger partial charge in [-0.15, -0.1) is 0 Å². The molecule has 4 heteroatoms. The molecular weight excluding hydrogens is 166 g/mol. The maximum absolute atomic E-state index is 10.8. The zero-order valence-electron chi connectivity index (χ0n) is 8.00. The number of aromatic nitrogens is 2. The van der Waals surface area contributed by atoms with Gasteiger partial charge in [0, 0.05) is 12.2 Å². The molecule has 2 N–H and O–H groups in total. The van der Waals surface area contributed by atoms with Crippen molar-refractivity contribution < 1.29 is 0 Å². The fraction of sp³-hybridized carbons (Fsp3) is 0.556. The Kier molecular flexibility index (Phi) is 3.49. The second-order valence-corrected chi connectivity index (χ2v) is 3.11. The van der Waals surface area contributed by atoms with Crippen molar-refractivity contribution in [3.8, 4) is 0 Å². The lowest BCUT2D eigenvalue weighted by atomic mass is 10.2. The summed E-state index contributed by atoms with van der Waals surface area (Å²) in [6, 6.07) is 2.12. The summed E-state index contributed by atoms with van der Waals surface area (Å²) in [5, 5.41) is 3.15. The highest BCUT2D eigenvalue weighted by Gasteiger charge is 2.00. The van der Waals surface area contributed by atoms with Crippen LogP contribution in [0.4, 0.5) is 5.82 Å². The third-order valence-corrected chi connectivity index (χ3v) is 1.79. The van der Waals surface area contributed by atoms with Gasteiger partial charge in [-0.25, -0.2) is 4.79 Å². The Balaban J connectivity index is 2.58. The van der Waals surface area contributed by atoms with Crippen LogP contribution in [0.15, 0.2) is 17.1 Å². The molecule has 0 fully saturated rings. The van der Waals surface area contributed by atoms with Crippen molar-refractivity contribution in [2.24, 2.45) is 0 Å². The van der Waals surface area contributed by atoms with E-state index in [1.165, 1.54) is 0 Å². The zero-order chi connectivity index (χ0) is 9.68. The van der Waals surface area contributed by atoms with Gasteiger partial charge in [-0.2, -0.15) is 4.98 Å². The molecule has 1 aromatic heterocycles. The first-order valence-electron chi connectivity index (χ1n) is 4.54. The summed E-state index contributed by atoms with van der Waals surface area (Å²) >= 11 is 0. The maximum Gasteiger partial charge on any atom is 0.346 e. The summed E-state index contributed by atoms with van der Waals surface area (Å²) < 4.78 is 0. The van der Waals surface area contributed by atoms with Crippen molar-refractivity contribution in [1.82, 2.24) is 9.97 Å². The molecule has 13 heavy (non-hydrogen) atoms. The minimum Gasteiger partial charge on any atom is -0.367 e. The molecule has 0 saturated carbocycles. The normalized spacial score (nSPS) is 12.5. The van der Waals surface area contributed by atoms with Crippen LogP contribution >= 0.6 is 0 Å². The first kappa shape index (κ1) is 9.77. The predicted molar refractivity (Wildman–Crippen MR) is 52.9 cm³/mol. The van der Waals surface area contributed by atoms with Crippen LogP contribution < -0.4 is 11.0 Å². The summed E-state index contributed by atoms with van der Waals surface area (Å²) in [4.78, 5) is 17.1. The molecule has 0 aromatic carbocycles. The lowest BCUT2D eigenvalue weighted by Crippen LogP contribution is -2.19. The largest absolute Gasteiger partial charge is 0.367 e. The van der Waals surface area contributed by atoms with E-state index in [1.54, 1.807) is 12.3 Å². The summed E-state index contributed by atoms with van der Waals surface area (Å²) in [6.45, 7) is 4.20. The molecule has 72 valence electrons. The quantitative estimate of drug-likeness (QED) is 0.737. The summed E-state index contributed by atoms with van der Waals surface area (Å²) in [6.07, 6.45) is 3.79. The summed E-state index contributed by atoms with van der Waals surface area (Å²) in [5.41, 5.74) is -0.311. The number of hydrogen-bond donors (Lipinski definition) is 2. The number of anilines is 1. The highest BCUT2D eigenvalue weighted by Crippen LogP contribution is 2.03. The minimum absolute atomic E-state index is 0.311. The van der Waals surface area contributed by atoms with Crippen molar-refractivity contribution in [2.75, 3.05) is 5.32 Å². The molecule has 1 unspecified atom stereocenters. The molecule has 0 aliphatic heterocycles. The standard InChI is InChI=1S/C9H15N3O/c1-3-4-7(2)11-8-5-6-10-9(13)12-8/h5-7H,3-4H2,1-2H3,(H2,10,11,12,13). The fourth-order valence-corrected chi connectivity index (χ4v) is 1.21. The van der Waals surface area contributed by atoms with Crippen molar-refractivity contribution in [2.45, 2.75) is 32.7 Å². The average Bonchev–Trinajstić information content (AvgIpc) is 2.04. The zero-order valence-corrected chi connectivity index (χ0v) is 8.00. The van der Waals surface area contributed by atoms with Crippen LogP contribution in [0.1, 0.15) is 26.7 Å². The van der Waals surface area contributed by atoms with E-state index in [0.29, 0.717) is 11.9 Å². The van der Waals surface area contributed by atoms with E-state index in [4.69, 9.17) is 0 Å². The molecule has 0 saturated heterocycles. The SMILES string of the molecule is CCCC(C)Nc1cc[nH]c(=O)n1. The third-order valence-electron chi connectivity index (χ3n) is 1.79. The number of H-pyrrole nitrogens is 1. The number of hydrogen-bond acceptors (Lipinski definition) is 3. The van der Waals surface area contributed by atoms with Gasteiger partial charge in [0.25, 0.3) is 0 Å². The van der Waals surface area contributed by atoms with Gasteiger partial charge in [-0.05, 0) is 19.4 Å². The molecule has 0 spiro atoms. The van der Waals surface area contributed by atoms with E-state index < -0.39 is 0 Å². The van der Waals surface area contributed by atoms with Crippen molar-refractivity contribution in [3.05, 3.63) is 22.7 Å². The highest BCUT2D eigenvalue weighted by atomic mass is 16.1. The maximum atomic E-state index is 10.8. The Morgan fingerprint density at radius 1 is 1.69 bits per heavy atom. The van der Waals surface area contributed by atoms with Crippen LogP contribution in [0, 0.1) is 0 Å². The van der Waals surface area contributed by atoms with Gasteiger partial charge in [0.05, 0.1) is 0 Å². The number of aromatic amines is 1. The second-order valence-electron chi connectivity index (χ2n) is 3.11. The molecular formula is C9H15N3O. The Bertz CT molecular complexity index is 308. The van der Waals surface area contributed by atoms with Gasteiger partial charge >= 0.3 is 5.69 Å². The molecule has 1 rings (SSSR count). The number of nitrogens with zero attached hydrogens (tertiary/aromatic N) is 1. The molecule has 0 aliphatic carbocycles. The van der Waals surface area contributed by atoms with E-state index in [1.807, 2.05) is 0 Å². The van der Waals surface area contributed by atoms with E-state index in [9.17, 15) is 4.79 Å². The van der Waals surface area contributed by atoms with Crippen LogP contribution in [0.5, 0.6) is 0 Å². The molecule has 0 bridgehead atoms. The van der Waals surface area contributed by atoms with Crippen molar-refractivity contribution >= 4 is 5.82 Å². The monoisotopic (exact) mass is 181 g/mol. The smallest absolute Gasteiger partial charge is 0.346 e. The third kappa shape index (κ3) is 3.27. The van der Waals surface area contributed by atoms with Crippen molar-refractivity contribution in [1.29, 1.82) is 0 Å². The first-order valence-corrected chi connectivity index (χ1v) is 4.54. The number of rotatable bonds is 4. The van der Waals surface area contributed by atoms with Crippen LogP contribution in [0.3, 0.4) is 0 Å². The summed E-state index contributed by atoms with van der Waals surface area (Å²) in [7, 11) is 0. The van der Waals surface area contributed by atoms with Gasteiger partial charge in [-0.1, -0.05) is 13.3 Å². The lowest BCUT2D eigenvalue weighted by molar-refractivity contribution is 0.686. The second kappa shape index (κ2) is 4.64. The van der Waals surface area contributed by atoms with Gasteiger partial charge in [0.15, 0.2) is 0 Å². The Morgan fingerprint density at radius 2 is 2.46 bits per heavy atom. The van der Waals surface area contributed by atoms with Crippen molar-refractivity contribution in [3.63, 3.8) is 0 Å². The molecule has 1 aromatic rings. The predicted octanol–water partition coefficient (Wildman–Crippen LogP) is 1.37. The molecule has 0 amide bonds. The average molecular weight is 181 g/mol.